The van der Waals surface area contributed by atoms with Gasteiger partial charge >= 0.3 is 5.97 Å². The summed E-state index contributed by atoms with van der Waals surface area (Å²) in [5.41, 5.74) is 1.55. The average Bonchev–Trinajstić information content (AvgIpc) is 2.62. The molecule has 5 nitrogen and oxygen atoms in total. The van der Waals surface area contributed by atoms with Crippen molar-refractivity contribution in [3.63, 3.8) is 0 Å². The summed E-state index contributed by atoms with van der Waals surface area (Å²) in [6.07, 6.45) is 0.193. The SMILES string of the molecule is Cc1ccc(SCCC(=O)OCC(=O)NC(=O)c2ccccc2)cc1. The Labute approximate surface area is 150 Å². The molecule has 0 atom stereocenters. The summed E-state index contributed by atoms with van der Waals surface area (Å²) in [5.74, 6) is -1.07. The predicted molar refractivity (Wildman–Crippen MR) is 96.4 cm³/mol. The van der Waals surface area contributed by atoms with Crippen LogP contribution in [-0.4, -0.2) is 30.1 Å². The molecule has 0 saturated heterocycles. The molecule has 0 saturated carbocycles. The fourth-order valence-electron chi connectivity index (χ4n) is 1.93. The van der Waals surface area contributed by atoms with Gasteiger partial charge in [-0.05, 0) is 31.2 Å². The van der Waals surface area contributed by atoms with Crippen LogP contribution in [0.1, 0.15) is 22.3 Å². The second-order valence-corrected chi connectivity index (χ2v) is 6.48. The van der Waals surface area contributed by atoms with Gasteiger partial charge in [-0.2, -0.15) is 0 Å². The van der Waals surface area contributed by atoms with E-state index in [1.165, 1.54) is 5.56 Å². The van der Waals surface area contributed by atoms with Crippen molar-refractivity contribution in [2.24, 2.45) is 0 Å². The summed E-state index contributed by atoms with van der Waals surface area (Å²) >= 11 is 1.54. The highest BCUT2D eigenvalue weighted by atomic mass is 32.2. The zero-order valence-corrected chi connectivity index (χ0v) is 14.7. The lowest BCUT2D eigenvalue weighted by atomic mass is 10.2. The Kier molecular flexibility index (Phi) is 7.22. The van der Waals surface area contributed by atoms with Crippen LogP contribution in [0.2, 0.25) is 0 Å². The molecule has 2 amide bonds. The Morgan fingerprint density at radius 3 is 2.36 bits per heavy atom. The minimum absolute atomic E-state index is 0.193. The van der Waals surface area contributed by atoms with Gasteiger partial charge in [0, 0.05) is 16.2 Å². The summed E-state index contributed by atoms with van der Waals surface area (Å²) in [6, 6.07) is 16.4. The van der Waals surface area contributed by atoms with Gasteiger partial charge in [-0.3, -0.25) is 19.7 Å². The van der Waals surface area contributed by atoms with E-state index in [0.717, 1.165) is 4.90 Å². The highest BCUT2D eigenvalue weighted by molar-refractivity contribution is 7.99. The summed E-state index contributed by atoms with van der Waals surface area (Å²) in [4.78, 5) is 36.1. The number of carbonyl (C=O) groups is 3. The van der Waals surface area contributed by atoms with E-state index >= 15 is 0 Å². The van der Waals surface area contributed by atoms with Crippen LogP contribution in [0.3, 0.4) is 0 Å². The average molecular weight is 357 g/mol. The first-order valence-corrected chi connectivity index (χ1v) is 8.77. The van der Waals surface area contributed by atoms with E-state index in [-0.39, 0.29) is 6.42 Å². The largest absolute Gasteiger partial charge is 0.456 e. The van der Waals surface area contributed by atoms with Crippen LogP contribution in [-0.2, 0) is 14.3 Å². The first-order valence-electron chi connectivity index (χ1n) is 7.79. The molecule has 130 valence electrons. The zero-order chi connectivity index (χ0) is 18.1. The number of hydrogen-bond donors (Lipinski definition) is 1. The quantitative estimate of drug-likeness (QED) is 0.609. The lowest BCUT2D eigenvalue weighted by molar-refractivity contribution is -0.147. The molecule has 0 bridgehead atoms. The van der Waals surface area contributed by atoms with Crippen molar-refractivity contribution in [3.05, 3.63) is 65.7 Å². The van der Waals surface area contributed by atoms with Gasteiger partial charge in [0.25, 0.3) is 11.8 Å². The third-order valence-electron chi connectivity index (χ3n) is 3.25. The van der Waals surface area contributed by atoms with Gasteiger partial charge in [-0.25, -0.2) is 0 Å². The second kappa shape index (κ2) is 9.64. The molecule has 2 rings (SSSR count). The predicted octanol–water partition coefficient (Wildman–Crippen LogP) is 2.98. The number of thioether (sulfide) groups is 1. The van der Waals surface area contributed by atoms with Crippen molar-refractivity contribution in [1.29, 1.82) is 0 Å². The summed E-state index contributed by atoms with van der Waals surface area (Å²) in [5, 5.41) is 2.18. The van der Waals surface area contributed by atoms with Crippen molar-refractivity contribution in [2.45, 2.75) is 18.2 Å². The van der Waals surface area contributed by atoms with Gasteiger partial charge in [-0.1, -0.05) is 35.9 Å². The minimum atomic E-state index is -0.645. The smallest absolute Gasteiger partial charge is 0.307 e. The number of nitrogens with one attached hydrogen (secondary N) is 1. The number of rotatable bonds is 7. The fraction of sp³-hybridized carbons (Fsp3) is 0.211. The normalized spacial score (nSPS) is 10.1. The van der Waals surface area contributed by atoms with E-state index in [1.807, 2.05) is 31.2 Å². The Morgan fingerprint density at radius 1 is 1.00 bits per heavy atom. The third kappa shape index (κ3) is 6.81. The Balaban J connectivity index is 1.64. The number of imide groups is 1. The Hall–Kier alpha value is -2.60. The molecule has 2 aromatic rings. The van der Waals surface area contributed by atoms with Crippen LogP contribution < -0.4 is 5.32 Å². The van der Waals surface area contributed by atoms with Gasteiger partial charge in [0.2, 0.25) is 0 Å². The van der Waals surface area contributed by atoms with Crippen LogP contribution in [0.25, 0.3) is 0 Å². The molecule has 0 aromatic heterocycles. The number of hydrogen-bond acceptors (Lipinski definition) is 5. The second-order valence-electron chi connectivity index (χ2n) is 5.32. The van der Waals surface area contributed by atoms with Crippen LogP contribution in [0.4, 0.5) is 0 Å². The topological polar surface area (TPSA) is 72.5 Å². The number of aryl methyl sites for hydroxylation is 1. The molecule has 0 heterocycles. The van der Waals surface area contributed by atoms with Crippen molar-refractivity contribution in [1.82, 2.24) is 5.32 Å². The summed E-state index contributed by atoms with van der Waals surface area (Å²) < 4.78 is 4.88. The van der Waals surface area contributed by atoms with E-state index in [4.69, 9.17) is 4.74 Å². The molecule has 0 aliphatic rings. The molecule has 0 spiro atoms. The molecule has 25 heavy (non-hydrogen) atoms. The van der Waals surface area contributed by atoms with Gasteiger partial charge in [0.1, 0.15) is 0 Å². The molecule has 0 unspecified atom stereocenters. The van der Waals surface area contributed by atoms with Crippen molar-refractivity contribution in [2.75, 3.05) is 12.4 Å². The molecule has 6 heteroatoms. The fourth-order valence-corrected chi connectivity index (χ4v) is 2.76. The van der Waals surface area contributed by atoms with E-state index < -0.39 is 24.4 Å². The van der Waals surface area contributed by atoms with Crippen LogP contribution in [0.15, 0.2) is 59.5 Å². The lowest BCUT2D eigenvalue weighted by Gasteiger charge is -2.06. The molecular weight excluding hydrogens is 338 g/mol. The maximum Gasteiger partial charge on any atom is 0.307 e. The Morgan fingerprint density at radius 2 is 1.68 bits per heavy atom. The van der Waals surface area contributed by atoms with Crippen LogP contribution in [0.5, 0.6) is 0 Å². The maximum atomic E-state index is 11.8. The highest BCUT2D eigenvalue weighted by Crippen LogP contribution is 2.19. The lowest BCUT2D eigenvalue weighted by Crippen LogP contribution is -2.34. The van der Waals surface area contributed by atoms with E-state index in [1.54, 1.807) is 42.1 Å². The first kappa shape index (κ1) is 18.7. The number of esters is 1. The minimum Gasteiger partial charge on any atom is -0.456 e. The molecule has 0 aliphatic carbocycles. The van der Waals surface area contributed by atoms with Crippen LogP contribution >= 0.6 is 11.8 Å². The van der Waals surface area contributed by atoms with E-state index in [2.05, 4.69) is 5.32 Å². The summed E-state index contributed by atoms with van der Waals surface area (Å²) in [6.45, 7) is 1.55. The van der Waals surface area contributed by atoms with Gasteiger partial charge < -0.3 is 4.74 Å². The highest BCUT2D eigenvalue weighted by Gasteiger charge is 2.12. The first-order chi connectivity index (χ1) is 12.0. The van der Waals surface area contributed by atoms with E-state index in [9.17, 15) is 14.4 Å². The van der Waals surface area contributed by atoms with Gasteiger partial charge in [-0.15, -0.1) is 11.8 Å². The van der Waals surface area contributed by atoms with Gasteiger partial charge in [0.15, 0.2) is 6.61 Å². The van der Waals surface area contributed by atoms with Crippen molar-refractivity contribution < 1.29 is 19.1 Å². The number of carbonyl (C=O) groups excluding carboxylic acids is 3. The van der Waals surface area contributed by atoms with Gasteiger partial charge in [0.05, 0.1) is 6.42 Å². The molecular formula is C19H19NO4S. The van der Waals surface area contributed by atoms with Crippen molar-refractivity contribution in [3.8, 4) is 0 Å². The maximum absolute atomic E-state index is 11.8. The molecule has 0 fully saturated rings. The van der Waals surface area contributed by atoms with Crippen molar-refractivity contribution >= 4 is 29.5 Å². The third-order valence-corrected chi connectivity index (χ3v) is 4.26. The van der Waals surface area contributed by atoms with Crippen LogP contribution in [0, 0.1) is 6.92 Å². The molecule has 0 radical (unpaired) electrons. The number of benzene rings is 2. The molecule has 2 aromatic carbocycles. The summed E-state index contributed by atoms with van der Waals surface area (Å²) in [7, 11) is 0. The number of ether oxygens (including phenoxy) is 1. The standard InChI is InChI=1S/C19H19NO4S/c1-14-7-9-16(10-8-14)25-12-11-18(22)24-13-17(21)20-19(23)15-5-3-2-4-6-15/h2-10H,11-13H2,1H3,(H,20,21,23). The zero-order valence-electron chi connectivity index (χ0n) is 13.9. The molecule has 0 aliphatic heterocycles. The molecule has 1 N–H and O–H groups in total. The monoisotopic (exact) mass is 357 g/mol. The van der Waals surface area contributed by atoms with E-state index in [0.29, 0.717) is 11.3 Å². The number of amides is 2. The Bertz CT molecular complexity index is 729.